The molecule has 0 bridgehead atoms. The van der Waals surface area contributed by atoms with Crippen LogP contribution in [0, 0.1) is 0 Å². The Morgan fingerprint density at radius 2 is 1.89 bits per heavy atom. The van der Waals surface area contributed by atoms with Crippen molar-refractivity contribution >= 4 is 34.8 Å². The molecule has 0 aromatic carbocycles. The smallest absolute Gasteiger partial charge is 0.147 e. The van der Waals surface area contributed by atoms with Crippen molar-refractivity contribution in [3.63, 3.8) is 0 Å². The maximum absolute atomic E-state index is 6.09. The highest BCUT2D eigenvalue weighted by Gasteiger charge is 2.08. The van der Waals surface area contributed by atoms with Crippen LogP contribution in [-0.2, 0) is 6.54 Å². The summed E-state index contributed by atoms with van der Waals surface area (Å²) in [6.07, 6.45) is 1.63. The Balaban J connectivity index is 2.13. The highest BCUT2D eigenvalue weighted by molar-refractivity contribution is 6.37. The maximum Gasteiger partial charge on any atom is 0.147 e. The van der Waals surface area contributed by atoms with Crippen LogP contribution in [0.3, 0.4) is 0 Å². The molecule has 0 aliphatic heterocycles. The second-order valence-corrected chi connectivity index (χ2v) is 4.56. The van der Waals surface area contributed by atoms with E-state index in [1.165, 1.54) is 0 Å². The van der Waals surface area contributed by atoms with E-state index in [0.717, 1.165) is 12.2 Å². The average molecular weight is 298 g/mol. The molecule has 5 nitrogen and oxygen atoms in total. The van der Waals surface area contributed by atoms with Gasteiger partial charge in [-0.05, 0) is 25.1 Å². The summed E-state index contributed by atoms with van der Waals surface area (Å²) in [5.74, 6) is 1.17. The topological polar surface area (TPSA) is 62.7 Å². The van der Waals surface area contributed by atoms with E-state index in [2.05, 4.69) is 25.8 Å². The third-order valence-corrected chi connectivity index (χ3v) is 2.91. The molecule has 0 fully saturated rings. The van der Waals surface area contributed by atoms with Crippen LogP contribution >= 0.6 is 23.2 Å². The van der Waals surface area contributed by atoms with E-state index in [0.29, 0.717) is 28.2 Å². The van der Waals surface area contributed by atoms with Gasteiger partial charge in [-0.3, -0.25) is 0 Å². The van der Waals surface area contributed by atoms with Gasteiger partial charge in [0.05, 0.1) is 22.3 Å². The molecule has 7 heteroatoms. The summed E-state index contributed by atoms with van der Waals surface area (Å²) in [7, 11) is 0. The minimum atomic E-state index is 0.468. The van der Waals surface area contributed by atoms with Gasteiger partial charge in [0.15, 0.2) is 0 Å². The van der Waals surface area contributed by atoms with Gasteiger partial charge < -0.3 is 10.6 Å². The molecule has 2 rings (SSSR count). The highest BCUT2D eigenvalue weighted by Crippen LogP contribution is 2.29. The average Bonchev–Trinajstić information content (AvgIpc) is 2.42. The molecule has 2 N–H and O–H groups in total. The van der Waals surface area contributed by atoms with Crippen LogP contribution in [0.5, 0.6) is 0 Å². The van der Waals surface area contributed by atoms with Gasteiger partial charge in [-0.25, -0.2) is 4.98 Å². The Morgan fingerprint density at radius 1 is 1.16 bits per heavy atom. The summed E-state index contributed by atoms with van der Waals surface area (Å²) in [5, 5.41) is 14.9. The first kappa shape index (κ1) is 13.8. The first-order valence-corrected chi connectivity index (χ1v) is 6.56. The lowest BCUT2D eigenvalue weighted by Crippen LogP contribution is -2.07. The van der Waals surface area contributed by atoms with Crippen molar-refractivity contribution in [2.24, 2.45) is 0 Å². The Kier molecular flexibility index (Phi) is 4.76. The van der Waals surface area contributed by atoms with Gasteiger partial charge in [-0.1, -0.05) is 23.2 Å². The van der Waals surface area contributed by atoms with Crippen molar-refractivity contribution in [3.05, 3.63) is 40.1 Å². The van der Waals surface area contributed by atoms with E-state index in [-0.39, 0.29) is 0 Å². The number of hydrogen-bond acceptors (Lipinski definition) is 5. The van der Waals surface area contributed by atoms with Crippen molar-refractivity contribution in [1.82, 2.24) is 15.2 Å². The number of nitrogens with one attached hydrogen (secondary N) is 2. The summed E-state index contributed by atoms with van der Waals surface area (Å²) in [6, 6.07) is 5.35. The van der Waals surface area contributed by atoms with Crippen molar-refractivity contribution < 1.29 is 0 Å². The van der Waals surface area contributed by atoms with Crippen LogP contribution in [0.25, 0.3) is 0 Å². The SMILES string of the molecule is CCNc1nc(NCc2cccnn2)c(Cl)cc1Cl. The van der Waals surface area contributed by atoms with E-state index in [4.69, 9.17) is 23.2 Å². The van der Waals surface area contributed by atoms with Gasteiger partial charge in [0.2, 0.25) is 0 Å². The number of aromatic nitrogens is 3. The van der Waals surface area contributed by atoms with Gasteiger partial charge in [0.1, 0.15) is 11.6 Å². The first-order chi connectivity index (χ1) is 9.20. The summed E-state index contributed by atoms with van der Waals surface area (Å²) < 4.78 is 0. The fraction of sp³-hybridized carbons (Fsp3) is 0.250. The molecule has 0 atom stereocenters. The van der Waals surface area contributed by atoms with E-state index < -0.39 is 0 Å². The number of halogens is 2. The maximum atomic E-state index is 6.09. The molecule has 0 amide bonds. The largest absolute Gasteiger partial charge is 0.369 e. The van der Waals surface area contributed by atoms with Gasteiger partial charge in [0, 0.05) is 12.7 Å². The molecule has 0 saturated heterocycles. The minimum absolute atomic E-state index is 0.468. The molecule has 2 aromatic heterocycles. The standard InChI is InChI=1S/C12H13Cl2N5/c1-2-15-11-9(13)6-10(14)12(18-11)16-7-8-4-3-5-17-19-8/h3-6H,2,7H2,1H3,(H2,15,16,18). The molecular weight excluding hydrogens is 285 g/mol. The van der Waals surface area contributed by atoms with Crippen molar-refractivity contribution in [2.75, 3.05) is 17.2 Å². The van der Waals surface area contributed by atoms with Crippen LogP contribution in [0.4, 0.5) is 11.6 Å². The summed E-state index contributed by atoms with van der Waals surface area (Å²) >= 11 is 12.1. The summed E-state index contributed by atoms with van der Waals surface area (Å²) in [4.78, 5) is 4.34. The molecule has 2 aromatic rings. The van der Waals surface area contributed by atoms with Crippen LogP contribution < -0.4 is 10.6 Å². The van der Waals surface area contributed by atoms with E-state index in [1.54, 1.807) is 12.3 Å². The quantitative estimate of drug-likeness (QED) is 0.887. The lowest BCUT2D eigenvalue weighted by atomic mass is 10.3. The van der Waals surface area contributed by atoms with E-state index >= 15 is 0 Å². The second-order valence-electron chi connectivity index (χ2n) is 3.75. The summed E-state index contributed by atoms with van der Waals surface area (Å²) in [5.41, 5.74) is 0.806. The van der Waals surface area contributed by atoms with E-state index in [1.807, 2.05) is 19.1 Å². The lowest BCUT2D eigenvalue weighted by molar-refractivity contribution is 0.920. The monoisotopic (exact) mass is 297 g/mol. The number of hydrogen-bond donors (Lipinski definition) is 2. The normalized spacial score (nSPS) is 10.3. The van der Waals surface area contributed by atoms with Gasteiger partial charge in [-0.2, -0.15) is 10.2 Å². The number of pyridine rings is 1. The molecule has 0 aliphatic carbocycles. The van der Waals surface area contributed by atoms with Crippen LogP contribution in [-0.4, -0.2) is 21.7 Å². The highest BCUT2D eigenvalue weighted by atomic mass is 35.5. The molecular formula is C12H13Cl2N5. The molecule has 0 unspecified atom stereocenters. The zero-order chi connectivity index (χ0) is 13.7. The second kappa shape index (κ2) is 6.54. The Hall–Kier alpha value is -1.59. The van der Waals surface area contributed by atoms with E-state index in [9.17, 15) is 0 Å². The number of rotatable bonds is 5. The Labute approximate surface area is 121 Å². The molecule has 19 heavy (non-hydrogen) atoms. The zero-order valence-electron chi connectivity index (χ0n) is 10.3. The summed E-state index contributed by atoms with van der Waals surface area (Å²) in [6.45, 7) is 3.20. The third-order valence-electron chi connectivity index (χ3n) is 2.34. The Bertz CT molecular complexity index is 547. The number of anilines is 2. The van der Waals surface area contributed by atoms with Gasteiger partial charge >= 0.3 is 0 Å². The van der Waals surface area contributed by atoms with Crippen LogP contribution in [0.15, 0.2) is 24.4 Å². The fourth-order valence-corrected chi connectivity index (χ4v) is 1.98. The predicted molar refractivity (Wildman–Crippen MR) is 77.8 cm³/mol. The van der Waals surface area contributed by atoms with Crippen molar-refractivity contribution in [3.8, 4) is 0 Å². The predicted octanol–water partition coefficient (Wildman–Crippen LogP) is 3.22. The molecule has 2 heterocycles. The van der Waals surface area contributed by atoms with Crippen LogP contribution in [0.1, 0.15) is 12.6 Å². The molecule has 0 radical (unpaired) electrons. The first-order valence-electron chi connectivity index (χ1n) is 5.81. The molecule has 0 aliphatic rings. The molecule has 100 valence electrons. The molecule has 0 saturated carbocycles. The van der Waals surface area contributed by atoms with Gasteiger partial charge in [-0.15, -0.1) is 0 Å². The lowest BCUT2D eigenvalue weighted by Gasteiger charge is -2.11. The Morgan fingerprint density at radius 3 is 2.53 bits per heavy atom. The number of nitrogens with zero attached hydrogens (tertiary/aromatic N) is 3. The van der Waals surface area contributed by atoms with Crippen LogP contribution in [0.2, 0.25) is 10.0 Å². The third kappa shape index (κ3) is 3.68. The molecule has 0 spiro atoms. The fourth-order valence-electron chi connectivity index (χ4n) is 1.48. The van der Waals surface area contributed by atoms with Crippen molar-refractivity contribution in [2.45, 2.75) is 13.5 Å². The minimum Gasteiger partial charge on any atom is -0.369 e. The van der Waals surface area contributed by atoms with Crippen molar-refractivity contribution in [1.29, 1.82) is 0 Å². The zero-order valence-corrected chi connectivity index (χ0v) is 11.8. The van der Waals surface area contributed by atoms with Gasteiger partial charge in [0.25, 0.3) is 0 Å².